The molecule has 2 rings (SSSR count). The van der Waals surface area contributed by atoms with Crippen LogP contribution in [0.25, 0.3) is 0 Å². The van der Waals surface area contributed by atoms with Crippen LogP contribution < -0.4 is 9.47 Å². The quantitative estimate of drug-likeness (QED) is 0.707. The molecule has 0 saturated heterocycles. The third-order valence-corrected chi connectivity index (χ3v) is 2.85. The van der Waals surface area contributed by atoms with Gasteiger partial charge < -0.3 is 14.3 Å². The van der Waals surface area contributed by atoms with Gasteiger partial charge in [-0.15, -0.1) is 0 Å². The van der Waals surface area contributed by atoms with Crippen molar-refractivity contribution in [2.24, 2.45) is 5.92 Å². The van der Waals surface area contributed by atoms with Gasteiger partial charge in [0.15, 0.2) is 0 Å². The van der Waals surface area contributed by atoms with E-state index >= 15 is 0 Å². The minimum atomic E-state index is 0.173. The highest BCUT2D eigenvalue weighted by atomic mass is 16.5. The summed E-state index contributed by atoms with van der Waals surface area (Å²) in [7, 11) is 3.26. The number of methoxy groups -OCH3 is 2. The summed E-state index contributed by atoms with van der Waals surface area (Å²) in [5.41, 5.74) is 1.11. The lowest BCUT2D eigenvalue weighted by atomic mass is 10.1. The first-order chi connectivity index (χ1) is 7.30. The first-order valence-electron chi connectivity index (χ1n) is 4.97. The lowest BCUT2D eigenvalue weighted by Gasteiger charge is -2.09. The maximum atomic E-state index is 10.6. The first kappa shape index (κ1) is 10.0. The molecule has 0 bridgehead atoms. The van der Waals surface area contributed by atoms with Crippen LogP contribution in [-0.2, 0) is 4.79 Å². The Labute approximate surface area is 89.0 Å². The van der Waals surface area contributed by atoms with E-state index in [0.29, 0.717) is 5.92 Å². The average Bonchev–Trinajstić information content (AvgIpc) is 3.07. The molecule has 2 unspecified atom stereocenters. The van der Waals surface area contributed by atoms with Gasteiger partial charge in [0, 0.05) is 12.0 Å². The van der Waals surface area contributed by atoms with Gasteiger partial charge in [-0.25, -0.2) is 0 Å². The van der Waals surface area contributed by atoms with E-state index in [4.69, 9.17) is 9.47 Å². The second-order valence-corrected chi connectivity index (χ2v) is 3.75. The van der Waals surface area contributed by atoms with Crippen LogP contribution >= 0.6 is 0 Å². The van der Waals surface area contributed by atoms with Crippen LogP contribution in [0, 0.1) is 5.92 Å². The molecule has 1 aromatic rings. The lowest BCUT2D eigenvalue weighted by molar-refractivity contribution is -0.108. The number of carbonyl (C=O) groups excluding carboxylic acids is 1. The minimum Gasteiger partial charge on any atom is -0.497 e. The maximum absolute atomic E-state index is 10.6. The molecule has 1 aliphatic rings. The fourth-order valence-electron chi connectivity index (χ4n) is 1.85. The van der Waals surface area contributed by atoms with E-state index in [1.54, 1.807) is 14.2 Å². The molecule has 80 valence electrons. The number of carbonyl (C=O) groups is 1. The summed E-state index contributed by atoms with van der Waals surface area (Å²) in [4.78, 5) is 10.6. The van der Waals surface area contributed by atoms with Gasteiger partial charge in [0.05, 0.1) is 14.2 Å². The lowest BCUT2D eigenvalue weighted by Crippen LogP contribution is -1.93. The SMILES string of the molecule is COc1ccc(C2CC2C=O)c(OC)c1. The number of hydrogen-bond donors (Lipinski definition) is 0. The van der Waals surface area contributed by atoms with Gasteiger partial charge >= 0.3 is 0 Å². The maximum Gasteiger partial charge on any atom is 0.126 e. The van der Waals surface area contributed by atoms with Crippen LogP contribution in [-0.4, -0.2) is 20.5 Å². The zero-order valence-electron chi connectivity index (χ0n) is 8.90. The minimum absolute atomic E-state index is 0.173. The van der Waals surface area contributed by atoms with Crippen LogP contribution in [0.5, 0.6) is 11.5 Å². The van der Waals surface area contributed by atoms with Crippen LogP contribution in [0.15, 0.2) is 18.2 Å². The van der Waals surface area contributed by atoms with Gasteiger partial charge in [-0.2, -0.15) is 0 Å². The van der Waals surface area contributed by atoms with Crippen molar-refractivity contribution in [1.29, 1.82) is 0 Å². The second-order valence-electron chi connectivity index (χ2n) is 3.75. The Kier molecular flexibility index (Phi) is 2.62. The monoisotopic (exact) mass is 206 g/mol. The standard InChI is InChI=1S/C12H14O3/c1-14-9-3-4-10(12(6-9)15-2)11-5-8(11)7-13/h3-4,6-8,11H,5H2,1-2H3. The first-order valence-corrected chi connectivity index (χ1v) is 4.97. The molecule has 0 spiro atoms. The van der Waals surface area contributed by atoms with Gasteiger partial charge in [-0.3, -0.25) is 0 Å². The molecule has 0 radical (unpaired) electrons. The van der Waals surface area contributed by atoms with Crippen molar-refractivity contribution in [2.45, 2.75) is 12.3 Å². The summed E-state index contributed by atoms with van der Waals surface area (Å²) in [6, 6.07) is 5.74. The van der Waals surface area contributed by atoms with Crippen molar-refractivity contribution in [3.05, 3.63) is 23.8 Å². The van der Waals surface area contributed by atoms with Crippen molar-refractivity contribution < 1.29 is 14.3 Å². The number of rotatable bonds is 4. The Morgan fingerprint density at radius 1 is 1.33 bits per heavy atom. The van der Waals surface area contributed by atoms with E-state index in [1.165, 1.54) is 0 Å². The van der Waals surface area contributed by atoms with E-state index in [0.717, 1.165) is 29.8 Å². The van der Waals surface area contributed by atoms with E-state index < -0.39 is 0 Å². The largest absolute Gasteiger partial charge is 0.497 e. The number of aldehydes is 1. The summed E-state index contributed by atoms with van der Waals surface area (Å²) in [6.07, 6.45) is 1.96. The Morgan fingerprint density at radius 2 is 2.13 bits per heavy atom. The third-order valence-electron chi connectivity index (χ3n) is 2.85. The molecular formula is C12H14O3. The van der Waals surface area contributed by atoms with E-state index in [9.17, 15) is 4.79 Å². The molecule has 0 aliphatic heterocycles. The summed E-state index contributed by atoms with van der Waals surface area (Å²) in [5, 5.41) is 0. The van der Waals surface area contributed by atoms with E-state index in [-0.39, 0.29) is 5.92 Å². The van der Waals surface area contributed by atoms with Crippen molar-refractivity contribution in [2.75, 3.05) is 14.2 Å². The number of benzene rings is 1. The Bertz CT molecular complexity index is 373. The second kappa shape index (κ2) is 3.93. The molecule has 1 fully saturated rings. The van der Waals surface area contributed by atoms with Gasteiger partial charge in [0.25, 0.3) is 0 Å². The molecule has 1 aliphatic carbocycles. The molecule has 0 N–H and O–H groups in total. The van der Waals surface area contributed by atoms with Crippen molar-refractivity contribution in [1.82, 2.24) is 0 Å². The zero-order valence-corrected chi connectivity index (χ0v) is 8.90. The predicted molar refractivity (Wildman–Crippen MR) is 56.5 cm³/mol. The predicted octanol–water partition coefficient (Wildman–Crippen LogP) is 2.01. The van der Waals surface area contributed by atoms with Crippen LogP contribution in [0.3, 0.4) is 0 Å². The van der Waals surface area contributed by atoms with Gasteiger partial charge in [-0.05, 0) is 24.0 Å². The average molecular weight is 206 g/mol. The van der Waals surface area contributed by atoms with Crippen LogP contribution in [0.2, 0.25) is 0 Å². The molecule has 0 aromatic heterocycles. The molecule has 0 amide bonds. The Morgan fingerprint density at radius 3 is 2.67 bits per heavy atom. The smallest absolute Gasteiger partial charge is 0.126 e. The molecule has 2 atom stereocenters. The van der Waals surface area contributed by atoms with E-state index in [2.05, 4.69) is 0 Å². The normalized spacial score (nSPS) is 23.3. The molecule has 1 aromatic carbocycles. The third kappa shape index (κ3) is 1.82. The van der Waals surface area contributed by atoms with Crippen molar-refractivity contribution in [3.63, 3.8) is 0 Å². The topological polar surface area (TPSA) is 35.5 Å². The molecule has 1 saturated carbocycles. The van der Waals surface area contributed by atoms with Crippen LogP contribution in [0.4, 0.5) is 0 Å². The number of ether oxygens (including phenoxy) is 2. The highest BCUT2D eigenvalue weighted by Crippen LogP contribution is 2.49. The Hall–Kier alpha value is -1.51. The summed E-state index contributed by atoms with van der Waals surface area (Å²) >= 11 is 0. The molecule has 3 nitrogen and oxygen atoms in total. The summed E-state index contributed by atoms with van der Waals surface area (Å²) < 4.78 is 10.4. The molecule has 3 heteroatoms. The van der Waals surface area contributed by atoms with Gasteiger partial charge in [0.1, 0.15) is 17.8 Å². The highest BCUT2D eigenvalue weighted by Gasteiger charge is 2.39. The summed E-state index contributed by atoms with van der Waals surface area (Å²) in [5.74, 6) is 2.10. The highest BCUT2D eigenvalue weighted by molar-refractivity contribution is 5.63. The van der Waals surface area contributed by atoms with Crippen molar-refractivity contribution >= 4 is 6.29 Å². The molecule has 0 heterocycles. The fourth-order valence-corrected chi connectivity index (χ4v) is 1.85. The van der Waals surface area contributed by atoms with Gasteiger partial charge in [0.2, 0.25) is 0 Å². The zero-order chi connectivity index (χ0) is 10.8. The fraction of sp³-hybridized carbons (Fsp3) is 0.417. The Balaban J connectivity index is 2.27. The van der Waals surface area contributed by atoms with Crippen LogP contribution in [0.1, 0.15) is 17.9 Å². The summed E-state index contributed by atoms with van der Waals surface area (Å²) in [6.45, 7) is 0. The molecule has 15 heavy (non-hydrogen) atoms. The van der Waals surface area contributed by atoms with E-state index in [1.807, 2.05) is 18.2 Å². The number of hydrogen-bond acceptors (Lipinski definition) is 3. The molecular weight excluding hydrogens is 192 g/mol. The van der Waals surface area contributed by atoms with Gasteiger partial charge in [-0.1, -0.05) is 6.07 Å². The van der Waals surface area contributed by atoms with Crippen molar-refractivity contribution in [3.8, 4) is 11.5 Å².